The van der Waals surface area contributed by atoms with Gasteiger partial charge in [0.2, 0.25) is 0 Å². The number of esters is 2. The summed E-state index contributed by atoms with van der Waals surface area (Å²) in [5.41, 5.74) is 0. The van der Waals surface area contributed by atoms with Crippen molar-refractivity contribution in [1.82, 2.24) is 4.90 Å². The molecule has 19 heavy (non-hydrogen) atoms. The Morgan fingerprint density at radius 3 is 2.16 bits per heavy atom. The lowest BCUT2D eigenvalue weighted by molar-refractivity contribution is -0.156. The SMILES string of the molecule is COC(=O)[C@@H]1C[C@H](OC(C)=O)[C@H](OC)N1C(=O)OC. The standard InChI is InChI=1S/C11H17NO7/c1-6(13)19-8-5-7(10(14)17-3)12(9(8)16-2)11(15)18-4/h7-9H,5H2,1-4H3/t7-,8-,9-/m0/s1. The van der Waals surface area contributed by atoms with E-state index in [0.717, 1.165) is 4.90 Å². The van der Waals surface area contributed by atoms with Crippen LogP contribution in [-0.2, 0) is 28.5 Å². The van der Waals surface area contributed by atoms with Crippen molar-refractivity contribution in [3.63, 3.8) is 0 Å². The second-order valence-electron chi connectivity index (χ2n) is 3.93. The van der Waals surface area contributed by atoms with E-state index in [9.17, 15) is 14.4 Å². The van der Waals surface area contributed by atoms with E-state index in [0.29, 0.717) is 0 Å². The molecular formula is C11H17NO7. The first kappa shape index (κ1) is 15.2. The third-order valence-corrected chi connectivity index (χ3v) is 2.80. The Bertz CT molecular complexity index is 370. The van der Waals surface area contributed by atoms with Crippen LogP contribution in [0.4, 0.5) is 4.79 Å². The quantitative estimate of drug-likeness (QED) is 0.524. The first-order chi connectivity index (χ1) is 8.96. The van der Waals surface area contributed by atoms with Crippen LogP contribution >= 0.6 is 0 Å². The molecular weight excluding hydrogens is 258 g/mol. The number of carbonyl (C=O) groups excluding carboxylic acids is 3. The van der Waals surface area contributed by atoms with Gasteiger partial charge in [-0.15, -0.1) is 0 Å². The molecule has 1 fully saturated rings. The van der Waals surface area contributed by atoms with Crippen molar-refractivity contribution in [2.75, 3.05) is 21.3 Å². The van der Waals surface area contributed by atoms with Crippen LogP contribution in [0, 0.1) is 0 Å². The second kappa shape index (κ2) is 6.37. The van der Waals surface area contributed by atoms with Crippen molar-refractivity contribution in [3.8, 4) is 0 Å². The van der Waals surface area contributed by atoms with Gasteiger partial charge in [0.1, 0.15) is 12.1 Å². The number of likely N-dealkylation sites (tertiary alicyclic amines) is 1. The van der Waals surface area contributed by atoms with Crippen LogP contribution in [0.3, 0.4) is 0 Å². The van der Waals surface area contributed by atoms with Crippen molar-refractivity contribution in [2.45, 2.75) is 31.7 Å². The molecule has 1 heterocycles. The Morgan fingerprint density at radius 2 is 1.74 bits per heavy atom. The molecule has 0 radical (unpaired) electrons. The third-order valence-electron chi connectivity index (χ3n) is 2.80. The second-order valence-corrected chi connectivity index (χ2v) is 3.93. The predicted molar refractivity (Wildman–Crippen MR) is 61.0 cm³/mol. The number of rotatable bonds is 3. The Morgan fingerprint density at radius 1 is 1.11 bits per heavy atom. The first-order valence-corrected chi connectivity index (χ1v) is 5.60. The van der Waals surface area contributed by atoms with Crippen LogP contribution in [0.2, 0.25) is 0 Å². The molecule has 1 rings (SSSR count). The maximum absolute atomic E-state index is 11.7. The van der Waals surface area contributed by atoms with E-state index < -0.39 is 36.4 Å². The summed E-state index contributed by atoms with van der Waals surface area (Å²) < 4.78 is 19.4. The Kier molecular flexibility index (Phi) is 5.11. The highest BCUT2D eigenvalue weighted by molar-refractivity contribution is 5.82. The van der Waals surface area contributed by atoms with Gasteiger partial charge in [-0.3, -0.25) is 9.69 Å². The minimum absolute atomic E-state index is 0.0971. The van der Waals surface area contributed by atoms with Gasteiger partial charge in [0.05, 0.1) is 14.2 Å². The summed E-state index contributed by atoms with van der Waals surface area (Å²) >= 11 is 0. The number of hydrogen-bond donors (Lipinski definition) is 0. The molecule has 0 bridgehead atoms. The van der Waals surface area contributed by atoms with Gasteiger partial charge in [0.25, 0.3) is 0 Å². The van der Waals surface area contributed by atoms with E-state index in [-0.39, 0.29) is 6.42 Å². The molecule has 0 aliphatic carbocycles. The fraction of sp³-hybridized carbons (Fsp3) is 0.727. The number of ether oxygens (including phenoxy) is 4. The highest BCUT2D eigenvalue weighted by Crippen LogP contribution is 2.29. The van der Waals surface area contributed by atoms with Gasteiger partial charge in [-0.1, -0.05) is 0 Å². The number of amides is 1. The molecule has 1 aliphatic heterocycles. The molecule has 3 atom stereocenters. The van der Waals surface area contributed by atoms with Crippen LogP contribution in [0.15, 0.2) is 0 Å². The van der Waals surface area contributed by atoms with Gasteiger partial charge in [0, 0.05) is 20.5 Å². The molecule has 0 saturated carbocycles. The van der Waals surface area contributed by atoms with Crippen molar-refractivity contribution < 1.29 is 33.3 Å². The fourth-order valence-corrected chi connectivity index (χ4v) is 2.07. The van der Waals surface area contributed by atoms with E-state index >= 15 is 0 Å². The van der Waals surface area contributed by atoms with Crippen LogP contribution in [0.25, 0.3) is 0 Å². The molecule has 0 N–H and O–H groups in total. The van der Waals surface area contributed by atoms with Crippen LogP contribution < -0.4 is 0 Å². The minimum Gasteiger partial charge on any atom is -0.467 e. The highest BCUT2D eigenvalue weighted by Gasteiger charge is 2.50. The lowest BCUT2D eigenvalue weighted by Crippen LogP contribution is -2.47. The maximum atomic E-state index is 11.7. The molecule has 0 unspecified atom stereocenters. The zero-order valence-electron chi connectivity index (χ0n) is 11.2. The van der Waals surface area contributed by atoms with Gasteiger partial charge < -0.3 is 18.9 Å². The summed E-state index contributed by atoms with van der Waals surface area (Å²) in [6.45, 7) is 1.24. The molecule has 0 spiro atoms. The smallest absolute Gasteiger partial charge is 0.412 e. The normalized spacial score (nSPS) is 25.9. The molecule has 108 valence electrons. The topological polar surface area (TPSA) is 91.4 Å². The summed E-state index contributed by atoms with van der Waals surface area (Å²) in [5, 5.41) is 0. The lowest BCUT2D eigenvalue weighted by atomic mass is 10.2. The van der Waals surface area contributed by atoms with Crippen LogP contribution in [0.1, 0.15) is 13.3 Å². The number of nitrogens with zero attached hydrogens (tertiary/aromatic N) is 1. The van der Waals surface area contributed by atoms with E-state index in [4.69, 9.17) is 9.47 Å². The van der Waals surface area contributed by atoms with E-state index in [1.54, 1.807) is 0 Å². The number of carbonyl (C=O) groups is 3. The maximum Gasteiger partial charge on any atom is 0.412 e. The van der Waals surface area contributed by atoms with Crippen molar-refractivity contribution in [2.24, 2.45) is 0 Å². The Labute approximate surface area is 110 Å². The summed E-state index contributed by atoms with van der Waals surface area (Å²) in [6, 6.07) is -0.910. The average Bonchev–Trinajstić information content (AvgIpc) is 2.74. The van der Waals surface area contributed by atoms with Gasteiger partial charge in [-0.05, 0) is 0 Å². The average molecular weight is 275 g/mol. The highest BCUT2D eigenvalue weighted by atomic mass is 16.6. The monoisotopic (exact) mass is 275 g/mol. The molecule has 8 heteroatoms. The van der Waals surface area contributed by atoms with Crippen molar-refractivity contribution >= 4 is 18.0 Å². The van der Waals surface area contributed by atoms with Gasteiger partial charge in [-0.2, -0.15) is 0 Å². The molecule has 0 aromatic rings. The molecule has 1 amide bonds. The predicted octanol–water partition coefficient (Wildman–Crippen LogP) is -0.0957. The Hall–Kier alpha value is -1.83. The van der Waals surface area contributed by atoms with Crippen LogP contribution in [0.5, 0.6) is 0 Å². The number of hydrogen-bond acceptors (Lipinski definition) is 7. The van der Waals surface area contributed by atoms with E-state index in [2.05, 4.69) is 9.47 Å². The largest absolute Gasteiger partial charge is 0.467 e. The third kappa shape index (κ3) is 3.14. The fourth-order valence-electron chi connectivity index (χ4n) is 2.07. The lowest BCUT2D eigenvalue weighted by Gasteiger charge is -2.27. The van der Waals surface area contributed by atoms with Gasteiger partial charge in [0.15, 0.2) is 6.23 Å². The summed E-state index contributed by atoms with van der Waals surface area (Å²) in [7, 11) is 3.73. The molecule has 1 aliphatic rings. The van der Waals surface area contributed by atoms with E-state index in [1.165, 1.54) is 28.3 Å². The number of methoxy groups -OCH3 is 3. The van der Waals surface area contributed by atoms with Crippen molar-refractivity contribution in [3.05, 3.63) is 0 Å². The molecule has 0 aromatic heterocycles. The van der Waals surface area contributed by atoms with Crippen LogP contribution in [-0.4, -0.2) is 62.6 Å². The minimum atomic E-state index is -0.910. The molecule has 1 saturated heterocycles. The van der Waals surface area contributed by atoms with E-state index in [1.807, 2.05) is 0 Å². The van der Waals surface area contributed by atoms with Crippen molar-refractivity contribution in [1.29, 1.82) is 0 Å². The van der Waals surface area contributed by atoms with Gasteiger partial charge in [-0.25, -0.2) is 9.59 Å². The first-order valence-electron chi connectivity index (χ1n) is 5.60. The summed E-state index contributed by atoms with van der Waals surface area (Å²) in [6.07, 6.45) is -2.29. The zero-order chi connectivity index (χ0) is 14.6. The van der Waals surface area contributed by atoms with Gasteiger partial charge >= 0.3 is 18.0 Å². The zero-order valence-corrected chi connectivity index (χ0v) is 11.2. The molecule has 0 aromatic carbocycles. The summed E-state index contributed by atoms with van der Waals surface area (Å²) in [5.74, 6) is -1.15. The summed E-state index contributed by atoms with van der Waals surface area (Å²) in [4.78, 5) is 35.5. The Balaban J connectivity index is 3.00. The molecule has 8 nitrogen and oxygen atoms in total.